The van der Waals surface area contributed by atoms with Crippen LogP contribution in [0.5, 0.6) is 0 Å². The first-order valence-electron chi connectivity index (χ1n) is 5.53. The molecule has 1 fully saturated rings. The minimum absolute atomic E-state index is 0.377. The van der Waals surface area contributed by atoms with E-state index in [1.54, 1.807) is 0 Å². The first kappa shape index (κ1) is 12.4. The van der Waals surface area contributed by atoms with E-state index in [-0.39, 0.29) is 0 Å². The molecule has 0 aromatic carbocycles. The lowest BCUT2D eigenvalue weighted by atomic mass is 10.1. The maximum atomic E-state index is 5.94. The van der Waals surface area contributed by atoms with Gasteiger partial charge in [-0.05, 0) is 41.1 Å². The Morgan fingerprint density at radius 2 is 2.25 bits per heavy atom. The predicted molar refractivity (Wildman–Crippen MR) is 69.7 cm³/mol. The molecule has 0 saturated heterocycles. The van der Waals surface area contributed by atoms with E-state index in [2.05, 4.69) is 26.3 Å². The predicted octanol–water partition coefficient (Wildman–Crippen LogP) is 2.60. The molecule has 3 nitrogen and oxygen atoms in total. The van der Waals surface area contributed by atoms with Crippen molar-refractivity contribution in [3.8, 4) is 0 Å². The lowest BCUT2D eigenvalue weighted by Crippen LogP contribution is -2.25. The van der Waals surface area contributed by atoms with Crippen LogP contribution in [0.25, 0.3) is 0 Å². The summed E-state index contributed by atoms with van der Waals surface area (Å²) in [7, 11) is 1.98. The van der Waals surface area contributed by atoms with Crippen molar-refractivity contribution in [1.29, 1.82) is 0 Å². The van der Waals surface area contributed by atoms with Gasteiger partial charge >= 0.3 is 0 Å². The molecule has 1 aliphatic rings. The maximum Gasteiger partial charge on any atom is 0.0739 e. The molecule has 0 unspecified atom stereocenters. The summed E-state index contributed by atoms with van der Waals surface area (Å²) in [6, 6.07) is 0. The van der Waals surface area contributed by atoms with Gasteiger partial charge in [0, 0.05) is 26.0 Å². The fraction of sp³-hybridized carbons (Fsp3) is 0.727. The molecule has 1 aliphatic carbocycles. The molecule has 90 valence electrons. The van der Waals surface area contributed by atoms with Crippen LogP contribution in [0.15, 0.2) is 4.47 Å². The van der Waals surface area contributed by atoms with Crippen molar-refractivity contribution in [2.75, 3.05) is 12.4 Å². The molecule has 1 aromatic rings. The van der Waals surface area contributed by atoms with Gasteiger partial charge < -0.3 is 5.32 Å². The van der Waals surface area contributed by atoms with E-state index in [0.29, 0.717) is 5.41 Å². The van der Waals surface area contributed by atoms with Crippen LogP contribution in [0.4, 0.5) is 0 Å². The summed E-state index contributed by atoms with van der Waals surface area (Å²) < 4.78 is 3.03. The van der Waals surface area contributed by atoms with E-state index in [4.69, 9.17) is 11.6 Å². The first-order chi connectivity index (χ1) is 7.58. The van der Waals surface area contributed by atoms with Crippen molar-refractivity contribution in [2.45, 2.75) is 26.3 Å². The van der Waals surface area contributed by atoms with Gasteiger partial charge in [-0.25, -0.2) is 0 Å². The molecular weight excluding hydrogens is 289 g/mol. The highest BCUT2D eigenvalue weighted by Crippen LogP contribution is 2.45. The van der Waals surface area contributed by atoms with Gasteiger partial charge in [-0.1, -0.05) is 0 Å². The molecule has 5 heteroatoms. The Morgan fingerprint density at radius 1 is 1.56 bits per heavy atom. The van der Waals surface area contributed by atoms with Gasteiger partial charge in [-0.15, -0.1) is 11.6 Å². The van der Waals surface area contributed by atoms with E-state index < -0.39 is 0 Å². The molecule has 16 heavy (non-hydrogen) atoms. The Bertz CT molecular complexity index is 385. The van der Waals surface area contributed by atoms with Gasteiger partial charge in [-0.2, -0.15) is 5.10 Å². The summed E-state index contributed by atoms with van der Waals surface area (Å²) in [5.74, 6) is 0.769. The Balaban J connectivity index is 1.90. The molecule has 0 spiro atoms. The Labute approximate surface area is 110 Å². The molecule has 0 aliphatic heterocycles. The minimum atomic E-state index is 0.377. The van der Waals surface area contributed by atoms with E-state index >= 15 is 0 Å². The first-order valence-corrected chi connectivity index (χ1v) is 6.85. The Hall–Kier alpha value is -0.0600. The van der Waals surface area contributed by atoms with E-state index in [9.17, 15) is 0 Å². The number of hydrogen-bond acceptors (Lipinski definition) is 2. The molecule has 1 aromatic heterocycles. The van der Waals surface area contributed by atoms with Gasteiger partial charge in [0.15, 0.2) is 0 Å². The van der Waals surface area contributed by atoms with Crippen LogP contribution in [0, 0.1) is 12.3 Å². The van der Waals surface area contributed by atoms with Crippen LogP contribution in [-0.4, -0.2) is 22.2 Å². The second-order valence-corrected chi connectivity index (χ2v) is 5.77. The van der Waals surface area contributed by atoms with Crippen LogP contribution in [0.3, 0.4) is 0 Å². The van der Waals surface area contributed by atoms with Gasteiger partial charge in [0.05, 0.1) is 15.9 Å². The highest BCUT2D eigenvalue weighted by molar-refractivity contribution is 9.10. The van der Waals surface area contributed by atoms with Gasteiger partial charge in [0.1, 0.15) is 0 Å². The van der Waals surface area contributed by atoms with E-state index in [1.807, 2.05) is 18.7 Å². The van der Waals surface area contributed by atoms with Crippen LogP contribution in [0.1, 0.15) is 24.2 Å². The molecule has 0 atom stereocenters. The molecular formula is C11H17BrClN3. The lowest BCUT2D eigenvalue weighted by Gasteiger charge is -2.12. The number of nitrogens with one attached hydrogen (secondary N) is 1. The molecule has 1 saturated carbocycles. The maximum absolute atomic E-state index is 5.94. The monoisotopic (exact) mass is 305 g/mol. The van der Waals surface area contributed by atoms with Crippen molar-refractivity contribution in [3.05, 3.63) is 15.9 Å². The Morgan fingerprint density at radius 3 is 2.69 bits per heavy atom. The zero-order chi connectivity index (χ0) is 11.8. The average molecular weight is 307 g/mol. The normalized spacial score (nSPS) is 17.8. The van der Waals surface area contributed by atoms with Crippen LogP contribution in [-0.2, 0) is 13.6 Å². The summed E-state index contributed by atoms with van der Waals surface area (Å²) in [6.45, 7) is 3.86. The number of aromatic nitrogens is 2. The van der Waals surface area contributed by atoms with E-state index in [1.165, 1.54) is 18.5 Å². The number of halogens is 2. The second kappa shape index (κ2) is 4.67. The summed E-state index contributed by atoms with van der Waals surface area (Å²) in [6.07, 6.45) is 2.52. The van der Waals surface area contributed by atoms with Crippen LogP contribution < -0.4 is 5.32 Å². The van der Waals surface area contributed by atoms with Crippen molar-refractivity contribution in [3.63, 3.8) is 0 Å². The van der Waals surface area contributed by atoms with Crippen molar-refractivity contribution in [2.24, 2.45) is 12.5 Å². The fourth-order valence-corrected chi connectivity index (χ4v) is 2.69. The zero-order valence-corrected chi connectivity index (χ0v) is 12.0. The molecule has 0 bridgehead atoms. The lowest BCUT2D eigenvalue weighted by molar-refractivity contribution is 0.494. The molecule has 0 radical (unpaired) electrons. The van der Waals surface area contributed by atoms with E-state index in [0.717, 1.165) is 29.1 Å². The topological polar surface area (TPSA) is 29.9 Å². The van der Waals surface area contributed by atoms with Gasteiger partial charge in [0.25, 0.3) is 0 Å². The number of aryl methyl sites for hydroxylation is 2. The summed E-state index contributed by atoms with van der Waals surface area (Å²) in [5.41, 5.74) is 2.61. The van der Waals surface area contributed by atoms with Gasteiger partial charge in [0.2, 0.25) is 0 Å². The fourth-order valence-electron chi connectivity index (χ4n) is 1.85. The largest absolute Gasteiger partial charge is 0.311 e. The second-order valence-electron chi connectivity index (χ2n) is 4.71. The third-order valence-corrected chi connectivity index (χ3v) is 4.89. The number of rotatable bonds is 5. The molecule has 0 amide bonds. The van der Waals surface area contributed by atoms with Gasteiger partial charge in [-0.3, -0.25) is 4.68 Å². The number of alkyl halides is 1. The van der Waals surface area contributed by atoms with Crippen molar-refractivity contribution in [1.82, 2.24) is 15.1 Å². The standard InChI is InChI=1S/C11H17BrClN3/c1-8-10(12)9(16(2)15-8)5-14-7-11(6-13)3-4-11/h14H,3-7H2,1-2H3. The molecule has 1 heterocycles. The Kier molecular flexibility index (Phi) is 3.62. The summed E-state index contributed by atoms with van der Waals surface area (Å²) >= 11 is 9.50. The minimum Gasteiger partial charge on any atom is -0.311 e. The number of nitrogens with zero attached hydrogens (tertiary/aromatic N) is 2. The third kappa shape index (κ3) is 2.44. The van der Waals surface area contributed by atoms with Crippen LogP contribution >= 0.6 is 27.5 Å². The average Bonchev–Trinajstić information content (AvgIpc) is 2.99. The highest BCUT2D eigenvalue weighted by Gasteiger charge is 2.41. The number of hydrogen-bond donors (Lipinski definition) is 1. The highest BCUT2D eigenvalue weighted by atomic mass is 79.9. The summed E-state index contributed by atoms with van der Waals surface area (Å²) in [5, 5.41) is 7.84. The smallest absolute Gasteiger partial charge is 0.0739 e. The quantitative estimate of drug-likeness (QED) is 0.848. The summed E-state index contributed by atoms with van der Waals surface area (Å²) in [4.78, 5) is 0. The van der Waals surface area contributed by atoms with Crippen LogP contribution in [0.2, 0.25) is 0 Å². The van der Waals surface area contributed by atoms with Crippen molar-refractivity contribution >= 4 is 27.5 Å². The molecule has 1 N–H and O–H groups in total. The third-order valence-electron chi connectivity index (χ3n) is 3.29. The van der Waals surface area contributed by atoms with Crippen molar-refractivity contribution < 1.29 is 0 Å². The SMILES string of the molecule is Cc1nn(C)c(CNCC2(CCl)CC2)c1Br. The molecule has 2 rings (SSSR count). The zero-order valence-electron chi connectivity index (χ0n) is 9.69.